The molecule has 3 rings (SSSR count). The van der Waals surface area contributed by atoms with Crippen molar-refractivity contribution in [1.29, 1.82) is 0 Å². The molecule has 2 aromatic rings. The maximum atomic E-state index is 12.4. The van der Waals surface area contributed by atoms with Crippen molar-refractivity contribution in [3.63, 3.8) is 0 Å². The molecule has 0 radical (unpaired) electrons. The van der Waals surface area contributed by atoms with Gasteiger partial charge in [0.2, 0.25) is 0 Å². The zero-order chi connectivity index (χ0) is 15.6. The first kappa shape index (κ1) is 14.5. The fraction of sp³-hybridized carbons (Fsp3) is 0.312. The first-order chi connectivity index (χ1) is 10.7. The van der Waals surface area contributed by atoms with E-state index in [1.165, 1.54) is 6.20 Å². The van der Waals surface area contributed by atoms with Gasteiger partial charge >= 0.3 is 5.97 Å². The molecule has 0 spiro atoms. The van der Waals surface area contributed by atoms with Crippen LogP contribution < -0.4 is 0 Å². The van der Waals surface area contributed by atoms with E-state index in [4.69, 9.17) is 9.47 Å². The SMILES string of the molecule is C=CC1(OC(=O)c2cnnn2[C@H](C)c2ccccc2)COC1. The number of hydrogen-bond donors (Lipinski definition) is 0. The zero-order valence-corrected chi connectivity index (χ0v) is 12.3. The summed E-state index contributed by atoms with van der Waals surface area (Å²) in [5.41, 5.74) is 0.610. The van der Waals surface area contributed by atoms with Gasteiger partial charge in [0.1, 0.15) is 0 Å². The van der Waals surface area contributed by atoms with Crippen LogP contribution >= 0.6 is 0 Å². The number of nitrogens with zero attached hydrogens (tertiary/aromatic N) is 3. The van der Waals surface area contributed by atoms with Crippen molar-refractivity contribution in [2.24, 2.45) is 0 Å². The van der Waals surface area contributed by atoms with Crippen LogP contribution in [0.4, 0.5) is 0 Å². The lowest BCUT2D eigenvalue weighted by Gasteiger charge is -2.37. The van der Waals surface area contributed by atoms with E-state index in [-0.39, 0.29) is 6.04 Å². The van der Waals surface area contributed by atoms with Gasteiger partial charge in [0.05, 0.1) is 25.5 Å². The fourth-order valence-corrected chi connectivity index (χ4v) is 2.31. The smallest absolute Gasteiger partial charge is 0.359 e. The second-order valence-corrected chi connectivity index (χ2v) is 5.30. The summed E-state index contributed by atoms with van der Waals surface area (Å²) in [7, 11) is 0. The number of esters is 1. The summed E-state index contributed by atoms with van der Waals surface area (Å²) in [6.45, 7) is 6.32. The summed E-state index contributed by atoms with van der Waals surface area (Å²) in [5, 5.41) is 7.87. The second kappa shape index (κ2) is 5.73. The first-order valence-corrected chi connectivity index (χ1v) is 7.05. The van der Waals surface area contributed by atoms with Gasteiger partial charge < -0.3 is 9.47 Å². The van der Waals surface area contributed by atoms with Gasteiger partial charge in [-0.25, -0.2) is 9.48 Å². The van der Waals surface area contributed by atoms with Crippen molar-refractivity contribution < 1.29 is 14.3 Å². The van der Waals surface area contributed by atoms with E-state index >= 15 is 0 Å². The minimum Gasteiger partial charge on any atom is -0.445 e. The Bertz CT molecular complexity index is 677. The van der Waals surface area contributed by atoms with E-state index in [1.54, 1.807) is 10.8 Å². The predicted molar refractivity (Wildman–Crippen MR) is 79.4 cm³/mol. The maximum Gasteiger partial charge on any atom is 0.359 e. The average molecular weight is 299 g/mol. The van der Waals surface area contributed by atoms with Crippen molar-refractivity contribution in [2.75, 3.05) is 13.2 Å². The molecule has 1 saturated heterocycles. The number of aromatic nitrogens is 3. The highest BCUT2D eigenvalue weighted by atomic mass is 16.6. The minimum atomic E-state index is -0.734. The molecule has 1 aliphatic heterocycles. The molecule has 6 heteroatoms. The number of carbonyl (C=O) groups is 1. The monoisotopic (exact) mass is 299 g/mol. The van der Waals surface area contributed by atoms with E-state index in [9.17, 15) is 4.79 Å². The van der Waals surface area contributed by atoms with Gasteiger partial charge in [-0.1, -0.05) is 42.1 Å². The van der Waals surface area contributed by atoms with Crippen LogP contribution in [0.3, 0.4) is 0 Å². The van der Waals surface area contributed by atoms with E-state index in [0.717, 1.165) is 5.56 Å². The van der Waals surface area contributed by atoms with Crippen LogP contribution in [0.2, 0.25) is 0 Å². The summed E-state index contributed by atoms with van der Waals surface area (Å²) in [6, 6.07) is 9.66. The molecule has 0 unspecified atom stereocenters. The molecule has 1 aromatic heterocycles. The van der Waals surface area contributed by atoms with Crippen molar-refractivity contribution >= 4 is 5.97 Å². The highest BCUT2D eigenvalue weighted by molar-refractivity contribution is 5.87. The summed E-state index contributed by atoms with van der Waals surface area (Å²) >= 11 is 0. The molecule has 1 aliphatic rings. The summed E-state index contributed by atoms with van der Waals surface area (Å²) in [6.07, 6.45) is 3.02. The van der Waals surface area contributed by atoms with E-state index in [1.807, 2.05) is 37.3 Å². The van der Waals surface area contributed by atoms with Crippen LogP contribution in [-0.2, 0) is 9.47 Å². The average Bonchev–Trinajstić information content (AvgIpc) is 3.00. The highest BCUT2D eigenvalue weighted by Gasteiger charge is 2.40. The lowest BCUT2D eigenvalue weighted by atomic mass is 10.0. The third-order valence-electron chi connectivity index (χ3n) is 3.79. The molecule has 1 fully saturated rings. The summed E-state index contributed by atoms with van der Waals surface area (Å²) in [5.74, 6) is -0.476. The van der Waals surface area contributed by atoms with Crippen molar-refractivity contribution in [3.05, 3.63) is 60.4 Å². The molecule has 0 saturated carbocycles. The quantitative estimate of drug-likeness (QED) is 0.624. The molecule has 22 heavy (non-hydrogen) atoms. The van der Waals surface area contributed by atoms with E-state index in [2.05, 4.69) is 16.9 Å². The Morgan fingerprint density at radius 1 is 1.45 bits per heavy atom. The van der Waals surface area contributed by atoms with Crippen LogP contribution in [0.25, 0.3) is 0 Å². The van der Waals surface area contributed by atoms with Crippen LogP contribution in [0, 0.1) is 0 Å². The van der Waals surface area contributed by atoms with Gasteiger partial charge in [-0.2, -0.15) is 0 Å². The predicted octanol–water partition coefficient (Wildman–Crippen LogP) is 2.00. The minimum absolute atomic E-state index is 0.122. The Labute approximate surface area is 128 Å². The Morgan fingerprint density at radius 2 is 2.18 bits per heavy atom. The highest BCUT2D eigenvalue weighted by Crippen LogP contribution is 2.25. The molecule has 0 bridgehead atoms. The topological polar surface area (TPSA) is 66.2 Å². The standard InChI is InChI=1S/C16H17N3O3/c1-3-16(10-21-11-16)22-15(20)14-9-17-18-19(14)12(2)13-7-5-4-6-8-13/h3-9,12H,1,10-11H2,2H3/t12-/m1/s1. The Kier molecular flexibility index (Phi) is 3.77. The van der Waals surface area contributed by atoms with Crippen molar-refractivity contribution in [2.45, 2.75) is 18.6 Å². The molecule has 6 nitrogen and oxygen atoms in total. The van der Waals surface area contributed by atoms with Crippen LogP contribution in [0.15, 0.2) is 49.2 Å². The van der Waals surface area contributed by atoms with Gasteiger partial charge in [0, 0.05) is 0 Å². The van der Waals surface area contributed by atoms with E-state index < -0.39 is 11.6 Å². The molecule has 0 amide bonds. The largest absolute Gasteiger partial charge is 0.445 e. The zero-order valence-electron chi connectivity index (χ0n) is 12.3. The molecule has 0 N–H and O–H groups in total. The summed E-state index contributed by atoms with van der Waals surface area (Å²) < 4.78 is 12.2. The van der Waals surface area contributed by atoms with Crippen molar-refractivity contribution in [1.82, 2.24) is 15.0 Å². The van der Waals surface area contributed by atoms with Gasteiger partial charge in [0.25, 0.3) is 0 Å². The van der Waals surface area contributed by atoms with Crippen LogP contribution in [0.1, 0.15) is 29.0 Å². The number of benzene rings is 1. The fourth-order valence-electron chi connectivity index (χ4n) is 2.31. The van der Waals surface area contributed by atoms with Crippen LogP contribution in [-0.4, -0.2) is 39.8 Å². The second-order valence-electron chi connectivity index (χ2n) is 5.30. The first-order valence-electron chi connectivity index (χ1n) is 7.05. The van der Waals surface area contributed by atoms with Crippen LogP contribution in [0.5, 0.6) is 0 Å². The summed E-state index contributed by atoms with van der Waals surface area (Å²) in [4.78, 5) is 12.4. The number of ether oxygens (including phenoxy) is 2. The molecular formula is C16H17N3O3. The third kappa shape index (κ3) is 2.53. The van der Waals surface area contributed by atoms with Gasteiger partial charge in [-0.15, -0.1) is 5.10 Å². The molecule has 0 aliphatic carbocycles. The van der Waals surface area contributed by atoms with Gasteiger partial charge in [0.15, 0.2) is 11.3 Å². The maximum absolute atomic E-state index is 12.4. The molecule has 2 heterocycles. The normalized spacial score (nSPS) is 17.3. The van der Waals surface area contributed by atoms with E-state index in [0.29, 0.717) is 18.9 Å². The van der Waals surface area contributed by atoms with Gasteiger partial charge in [-0.3, -0.25) is 0 Å². The lowest BCUT2D eigenvalue weighted by molar-refractivity contribution is -0.152. The number of hydrogen-bond acceptors (Lipinski definition) is 5. The Hall–Kier alpha value is -2.47. The molecule has 1 atom stereocenters. The molecule has 1 aromatic carbocycles. The number of rotatable bonds is 5. The molecular weight excluding hydrogens is 282 g/mol. The number of carbonyl (C=O) groups excluding carboxylic acids is 1. The lowest BCUT2D eigenvalue weighted by Crippen LogP contribution is -2.51. The molecule has 114 valence electrons. The van der Waals surface area contributed by atoms with Gasteiger partial charge in [-0.05, 0) is 18.6 Å². The van der Waals surface area contributed by atoms with Crippen molar-refractivity contribution in [3.8, 4) is 0 Å². The Morgan fingerprint density at radius 3 is 2.77 bits per heavy atom. The third-order valence-corrected chi connectivity index (χ3v) is 3.79. The Balaban J connectivity index is 1.83.